The van der Waals surface area contributed by atoms with Crippen LogP contribution in [0, 0.1) is 0 Å². The van der Waals surface area contributed by atoms with Crippen molar-refractivity contribution in [2.24, 2.45) is 0 Å². The van der Waals surface area contributed by atoms with E-state index in [4.69, 9.17) is 24.5 Å². The molecule has 0 aliphatic rings. The highest BCUT2D eigenvalue weighted by Gasteiger charge is 2.17. The Morgan fingerprint density at radius 2 is 1.74 bits per heavy atom. The molecule has 0 aliphatic heterocycles. The first-order valence-electron chi connectivity index (χ1n) is 10.7. The Hall–Kier alpha value is -3.82. The molecule has 0 aromatic heterocycles. The van der Waals surface area contributed by atoms with E-state index in [1.807, 2.05) is 6.08 Å². The summed E-state index contributed by atoms with van der Waals surface area (Å²) in [5.74, 6) is 0.664. The topological polar surface area (TPSA) is 126 Å². The summed E-state index contributed by atoms with van der Waals surface area (Å²) in [7, 11) is 1.56. The Morgan fingerprint density at radius 3 is 2.35 bits per heavy atom. The maximum atomic E-state index is 12.5. The number of carbonyl (C=O) groups excluding carboxylic acids is 2. The fourth-order valence-electron chi connectivity index (χ4n) is 2.99. The molecule has 2 rings (SSSR count). The van der Waals surface area contributed by atoms with Gasteiger partial charge < -0.3 is 19.3 Å². The van der Waals surface area contributed by atoms with Crippen LogP contribution in [0.3, 0.4) is 0 Å². The van der Waals surface area contributed by atoms with Crippen molar-refractivity contribution < 1.29 is 34.1 Å². The molecule has 4 N–H and O–H groups in total. The number of methoxy groups -OCH3 is 1. The van der Waals surface area contributed by atoms with E-state index in [1.54, 1.807) is 74.1 Å². The highest BCUT2D eigenvalue weighted by atomic mass is 16.6. The van der Waals surface area contributed by atoms with Crippen molar-refractivity contribution in [2.45, 2.75) is 25.9 Å². The number of benzene rings is 2. The van der Waals surface area contributed by atoms with Crippen LogP contribution in [0.1, 0.15) is 31.4 Å². The number of hydrogen-bond acceptors (Lipinski definition) is 7. The number of aliphatic hydroxyl groups excluding tert-OH is 1. The molecule has 1 atom stereocenters. The highest BCUT2D eigenvalue weighted by molar-refractivity contribution is 5.87. The van der Waals surface area contributed by atoms with E-state index in [2.05, 4.69) is 5.32 Å². The van der Waals surface area contributed by atoms with Crippen molar-refractivity contribution in [3.63, 3.8) is 0 Å². The minimum absolute atomic E-state index is 0.0841. The van der Waals surface area contributed by atoms with Gasteiger partial charge >= 0.3 is 6.09 Å². The van der Waals surface area contributed by atoms with Gasteiger partial charge in [-0.1, -0.05) is 24.3 Å². The van der Waals surface area contributed by atoms with Crippen LogP contribution in [0.2, 0.25) is 0 Å². The molecule has 0 fully saturated rings. The van der Waals surface area contributed by atoms with Gasteiger partial charge in [-0.15, -0.1) is 0 Å². The Kier molecular flexibility index (Phi) is 11.2. The first-order valence-corrected chi connectivity index (χ1v) is 10.7. The summed E-state index contributed by atoms with van der Waals surface area (Å²) in [6.07, 6.45) is 4.77. The van der Waals surface area contributed by atoms with Crippen molar-refractivity contribution in [2.75, 3.05) is 25.6 Å². The molecule has 0 saturated carbocycles. The van der Waals surface area contributed by atoms with E-state index in [1.165, 1.54) is 6.08 Å². The van der Waals surface area contributed by atoms with Crippen LogP contribution in [0.5, 0.6) is 11.5 Å². The van der Waals surface area contributed by atoms with Gasteiger partial charge in [0.05, 0.1) is 13.7 Å². The van der Waals surface area contributed by atoms with E-state index < -0.39 is 18.1 Å². The van der Waals surface area contributed by atoms with E-state index >= 15 is 0 Å². The van der Waals surface area contributed by atoms with Crippen LogP contribution in [0.4, 0.5) is 10.5 Å². The third-order valence-corrected chi connectivity index (χ3v) is 4.64. The number of nitrogens with one attached hydrogen (secondary N) is 2. The second-order valence-corrected chi connectivity index (χ2v) is 7.23. The molecule has 0 bridgehead atoms. The Balaban J connectivity index is 2.07. The predicted molar refractivity (Wildman–Crippen MR) is 127 cm³/mol. The van der Waals surface area contributed by atoms with Crippen molar-refractivity contribution in [1.82, 2.24) is 5.48 Å². The van der Waals surface area contributed by atoms with Crippen LogP contribution in [0.25, 0.3) is 0 Å². The number of anilines is 1. The van der Waals surface area contributed by atoms with Gasteiger partial charge in [-0.25, -0.2) is 10.3 Å². The molecule has 182 valence electrons. The van der Waals surface area contributed by atoms with E-state index in [0.29, 0.717) is 35.6 Å². The van der Waals surface area contributed by atoms with Gasteiger partial charge in [-0.05, 0) is 67.3 Å². The predicted octanol–water partition coefficient (Wildman–Crippen LogP) is 4.14. The van der Waals surface area contributed by atoms with Gasteiger partial charge in [0.25, 0.3) is 5.91 Å². The summed E-state index contributed by atoms with van der Waals surface area (Å²) in [6, 6.07) is 14.0. The molecule has 2 aromatic carbocycles. The molecular formula is C25H30N2O7. The maximum absolute atomic E-state index is 12.5. The second-order valence-electron chi connectivity index (χ2n) is 7.23. The largest absolute Gasteiger partial charge is 0.497 e. The van der Waals surface area contributed by atoms with Crippen LogP contribution in [-0.4, -0.2) is 42.6 Å². The molecule has 34 heavy (non-hydrogen) atoms. The quantitative estimate of drug-likeness (QED) is 0.159. The zero-order valence-electron chi connectivity index (χ0n) is 19.2. The lowest BCUT2D eigenvalue weighted by Gasteiger charge is -2.19. The zero-order chi connectivity index (χ0) is 24.8. The maximum Gasteiger partial charge on any atom is 0.412 e. The Morgan fingerprint density at radius 1 is 1.06 bits per heavy atom. The van der Waals surface area contributed by atoms with Crippen LogP contribution in [0.15, 0.2) is 72.3 Å². The SMILES string of the molecule is COc1ccc(NC(=O)O[C@@H](CC/C=C/C(C)=C/C(=O)NO)c2ccc(OCCO)cc2)cc1. The second kappa shape index (κ2) is 14.4. The van der Waals surface area contributed by atoms with Gasteiger partial charge in [0.2, 0.25) is 0 Å². The molecule has 9 nitrogen and oxygen atoms in total. The molecule has 0 unspecified atom stereocenters. The molecule has 2 aromatic rings. The molecule has 9 heteroatoms. The van der Waals surface area contributed by atoms with Gasteiger partial charge in [0, 0.05) is 11.8 Å². The number of ether oxygens (including phenoxy) is 3. The average Bonchev–Trinajstić information content (AvgIpc) is 2.85. The summed E-state index contributed by atoms with van der Waals surface area (Å²) in [5.41, 5.74) is 3.55. The fourth-order valence-corrected chi connectivity index (χ4v) is 2.99. The molecule has 0 spiro atoms. The normalized spacial score (nSPS) is 12.2. The summed E-state index contributed by atoms with van der Waals surface area (Å²) in [5, 5.41) is 20.2. The van der Waals surface area contributed by atoms with E-state index in [0.717, 1.165) is 5.56 Å². The average molecular weight is 471 g/mol. The lowest BCUT2D eigenvalue weighted by molar-refractivity contribution is -0.124. The van der Waals surface area contributed by atoms with Crippen molar-refractivity contribution in [1.29, 1.82) is 0 Å². The molecular weight excluding hydrogens is 440 g/mol. The summed E-state index contributed by atoms with van der Waals surface area (Å²) in [4.78, 5) is 23.7. The monoisotopic (exact) mass is 470 g/mol. The van der Waals surface area contributed by atoms with Crippen LogP contribution in [-0.2, 0) is 9.53 Å². The molecule has 0 aliphatic carbocycles. The standard InChI is InChI=1S/C25H30N2O7/c1-18(17-24(29)27-31)5-3-4-6-23(19-7-11-22(12-8-19)33-16-15-28)34-25(30)26-20-9-13-21(32-2)14-10-20/h3,5,7-14,17,23,28,31H,4,6,15-16H2,1-2H3,(H,26,30)(H,27,29)/b5-3+,18-17+/t23-/m0/s1. The van der Waals surface area contributed by atoms with Crippen LogP contribution < -0.4 is 20.3 Å². The number of aliphatic hydroxyl groups is 1. The van der Waals surface area contributed by atoms with E-state index in [-0.39, 0.29) is 13.2 Å². The van der Waals surface area contributed by atoms with Crippen LogP contribution >= 0.6 is 0 Å². The van der Waals surface area contributed by atoms with Gasteiger partial charge in [0.15, 0.2) is 0 Å². The van der Waals surface area contributed by atoms with Crippen molar-refractivity contribution in [3.8, 4) is 11.5 Å². The summed E-state index contributed by atoms with van der Waals surface area (Å²) in [6.45, 7) is 1.84. The van der Waals surface area contributed by atoms with Crippen molar-refractivity contribution >= 4 is 17.7 Å². The molecule has 0 radical (unpaired) electrons. The van der Waals surface area contributed by atoms with Gasteiger partial charge in [-0.3, -0.25) is 15.3 Å². The number of amides is 2. The summed E-state index contributed by atoms with van der Waals surface area (Å²) >= 11 is 0. The lowest BCUT2D eigenvalue weighted by Crippen LogP contribution is -2.17. The summed E-state index contributed by atoms with van der Waals surface area (Å²) < 4.78 is 16.2. The number of rotatable bonds is 12. The lowest BCUT2D eigenvalue weighted by atomic mass is 10.0. The first-order chi connectivity index (χ1) is 16.4. The third kappa shape index (κ3) is 9.35. The number of allylic oxidation sites excluding steroid dienone is 3. The zero-order valence-corrected chi connectivity index (χ0v) is 19.2. The van der Waals surface area contributed by atoms with E-state index in [9.17, 15) is 9.59 Å². The fraction of sp³-hybridized carbons (Fsp3) is 0.280. The molecule has 0 saturated heterocycles. The molecule has 0 heterocycles. The van der Waals surface area contributed by atoms with Crippen molar-refractivity contribution in [3.05, 3.63) is 77.9 Å². The minimum Gasteiger partial charge on any atom is -0.497 e. The smallest absolute Gasteiger partial charge is 0.412 e. The number of hydrogen-bond donors (Lipinski definition) is 4. The minimum atomic E-state index is -0.609. The number of hydroxylamine groups is 1. The van der Waals surface area contributed by atoms with Gasteiger partial charge in [-0.2, -0.15) is 0 Å². The first kappa shape index (κ1) is 26.4. The third-order valence-electron chi connectivity index (χ3n) is 4.64. The Labute approximate surface area is 198 Å². The number of carbonyl (C=O) groups is 2. The Bertz CT molecular complexity index is 970. The van der Waals surface area contributed by atoms with Gasteiger partial charge in [0.1, 0.15) is 24.2 Å². The molecule has 2 amide bonds. The highest BCUT2D eigenvalue weighted by Crippen LogP contribution is 2.26.